The quantitative estimate of drug-likeness (QED) is 0.678. The Bertz CT molecular complexity index is 437. The van der Waals surface area contributed by atoms with Crippen molar-refractivity contribution in [3.8, 4) is 0 Å². The maximum atomic E-state index is 5.80. The topological polar surface area (TPSA) is 26.0 Å². The van der Waals surface area contributed by atoms with Crippen molar-refractivity contribution in [3.05, 3.63) is 27.3 Å². The predicted octanol–water partition coefficient (Wildman–Crippen LogP) is 3.79. The minimum atomic E-state index is 0.273. The smallest absolute Gasteiger partial charge is 0.187 e. The molecule has 0 atom stereocenters. The van der Waals surface area contributed by atoms with Crippen LogP contribution in [0.4, 0.5) is 0 Å². The fraction of sp³-hybridized carbons (Fsp3) is 0. The Hall–Kier alpha value is -0.440. The van der Waals surface area contributed by atoms with Crippen LogP contribution in [0.5, 0.6) is 0 Å². The molecule has 0 saturated heterocycles. The van der Waals surface area contributed by atoms with Crippen molar-refractivity contribution in [2.24, 2.45) is 0 Å². The van der Waals surface area contributed by atoms with Crippen LogP contribution in [-0.2, 0) is 0 Å². The van der Waals surface area contributed by atoms with E-state index in [1.54, 1.807) is 12.1 Å². The summed E-state index contributed by atoms with van der Waals surface area (Å²) in [5.41, 5.74) is 0.464. The van der Waals surface area contributed by atoms with Gasteiger partial charge >= 0.3 is 0 Å². The first-order chi connectivity index (χ1) is 5.68. The average Bonchev–Trinajstić information content (AvgIpc) is 2.33. The highest BCUT2D eigenvalue weighted by molar-refractivity contribution is 6.40. The van der Waals surface area contributed by atoms with E-state index in [0.29, 0.717) is 21.0 Å². The largest absolute Gasteiger partial charge is 0.353 e. The van der Waals surface area contributed by atoms with E-state index in [2.05, 4.69) is 5.16 Å². The second kappa shape index (κ2) is 2.80. The maximum Gasteiger partial charge on any atom is 0.187 e. The van der Waals surface area contributed by atoms with Gasteiger partial charge in [-0.1, -0.05) is 40.0 Å². The van der Waals surface area contributed by atoms with E-state index < -0.39 is 0 Å². The van der Waals surface area contributed by atoms with Crippen molar-refractivity contribution in [2.75, 3.05) is 0 Å². The lowest BCUT2D eigenvalue weighted by molar-refractivity contribution is 0.457. The molecule has 2 rings (SSSR count). The van der Waals surface area contributed by atoms with Crippen LogP contribution < -0.4 is 0 Å². The molecule has 0 bridgehead atoms. The van der Waals surface area contributed by atoms with Gasteiger partial charge in [-0.05, 0) is 12.1 Å². The minimum absolute atomic E-state index is 0.273. The number of nitrogens with zero attached hydrogens (tertiary/aromatic N) is 1. The molecule has 12 heavy (non-hydrogen) atoms. The molecule has 5 heteroatoms. The summed E-state index contributed by atoms with van der Waals surface area (Å²) in [6.45, 7) is 0. The first-order valence-corrected chi connectivity index (χ1v) is 4.22. The van der Waals surface area contributed by atoms with Crippen LogP contribution in [-0.4, -0.2) is 5.16 Å². The Kier molecular flexibility index (Phi) is 1.91. The van der Waals surface area contributed by atoms with E-state index in [9.17, 15) is 0 Å². The fourth-order valence-corrected chi connectivity index (χ4v) is 1.64. The van der Waals surface area contributed by atoms with Crippen molar-refractivity contribution in [1.82, 2.24) is 5.16 Å². The average molecular weight is 222 g/mol. The van der Waals surface area contributed by atoms with Crippen LogP contribution in [0.2, 0.25) is 15.2 Å². The minimum Gasteiger partial charge on any atom is -0.353 e. The van der Waals surface area contributed by atoms with Gasteiger partial charge in [0.15, 0.2) is 10.7 Å². The van der Waals surface area contributed by atoms with Gasteiger partial charge < -0.3 is 4.52 Å². The van der Waals surface area contributed by atoms with Crippen molar-refractivity contribution < 1.29 is 4.52 Å². The van der Waals surface area contributed by atoms with Crippen LogP contribution >= 0.6 is 34.8 Å². The molecule has 2 aromatic rings. The zero-order chi connectivity index (χ0) is 8.72. The molecule has 0 saturated carbocycles. The summed E-state index contributed by atoms with van der Waals surface area (Å²) in [5, 5.41) is 5.38. The van der Waals surface area contributed by atoms with E-state index in [0.717, 1.165) is 0 Å². The van der Waals surface area contributed by atoms with Gasteiger partial charge in [0.1, 0.15) is 0 Å². The second-order valence-corrected chi connectivity index (χ2v) is 3.44. The molecule has 0 N–H and O–H groups in total. The van der Waals surface area contributed by atoms with Gasteiger partial charge in [-0.3, -0.25) is 0 Å². The Morgan fingerprint density at radius 1 is 1.17 bits per heavy atom. The molecular formula is C7H2Cl3NO. The zero-order valence-electron chi connectivity index (χ0n) is 5.64. The summed E-state index contributed by atoms with van der Waals surface area (Å²) in [7, 11) is 0. The number of benzene rings is 1. The molecule has 0 aliphatic rings. The van der Waals surface area contributed by atoms with Crippen LogP contribution in [0.1, 0.15) is 0 Å². The highest BCUT2D eigenvalue weighted by atomic mass is 35.5. The fourth-order valence-electron chi connectivity index (χ4n) is 0.941. The van der Waals surface area contributed by atoms with Gasteiger partial charge in [-0.15, -0.1) is 0 Å². The third-order valence-electron chi connectivity index (χ3n) is 1.45. The second-order valence-electron chi connectivity index (χ2n) is 2.24. The normalized spacial score (nSPS) is 10.9. The van der Waals surface area contributed by atoms with Gasteiger partial charge in [-0.25, -0.2) is 0 Å². The molecule has 0 spiro atoms. The first-order valence-electron chi connectivity index (χ1n) is 3.08. The van der Waals surface area contributed by atoms with E-state index in [4.69, 9.17) is 39.3 Å². The van der Waals surface area contributed by atoms with Crippen LogP contribution in [0.3, 0.4) is 0 Å². The molecule has 1 aromatic heterocycles. The van der Waals surface area contributed by atoms with E-state index in [-0.39, 0.29) is 5.15 Å². The molecule has 0 fully saturated rings. The molecule has 1 heterocycles. The number of fused-ring (bicyclic) bond motifs is 1. The van der Waals surface area contributed by atoms with Crippen molar-refractivity contribution in [3.63, 3.8) is 0 Å². The zero-order valence-corrected chi connectivity index (χ0v) is 7.91. The van der Waals surface area contributed by atoms with Crippen molar-refractivity contribution >= 4 is 45.8 Å². The Morgan fingerprint density at radius 3 is 2.67 bits per heavy atom. The summed E-state index contributed by atoms with van der Waals surface area (Å²) in [5.74, 6) is 0. The molecule has 0 radical (unpaired) electrons. The Morgan fingerprint density at radius 2 is 1.92 bits per heavy atom. The molecule has 0 aliphatic heterocycles. The van der Waals surface area contributed by atoms with Crippen LogP contribution in [0.15, 0.2) is 16.7 Å². The highest BCUT2D eigenvalue weighted by Gasteiger charge is 2.10. The molecule has 0 aliphatic carbocycles. The van der Waals surface area contributed by atoms with E-state index in [1.807, 2.05) is 0 Å². The van der Waals surface area contributed by atoms with Gasteiger partial charge in [0.25, 0.3) is 0 Å². The summed E-state index contributed by atoms with van der Waals surface area (Å²) in [6.07, 6.45) is 0. The predicted molar refractivity (Wildman–Crippen MR) is 49.0 cm³/mol. The molecular weight excluding hydrogens is 220 g/mol. The van der Waals surface area contributed by atoms with Gasteiger partial charge in [0.2, 0.25) is 0 Å². The highest BCUT2D eigenvalue weighted by Crippen LogP contribution is 2.31. The number of hydrogen-bond donors (Lipinski definition) is 0. The van der Waals surface area contributed by atoms with Gasteiger partial charge in [0, 0.05) is 5.02 Å². The van der Waals surface area contributed by atoms with Gasteiger partial charge in [-0.2, -0.15) is 0 Å². The lowest BCUT2D eigenvalue weighted by Gasteiger charge is -1.91. The monoisotopic (exact) mass is 221 g/mol. The lowest BCUT2D eigenvalue weighted by atomic mass is 10.3. The SMILES string of the molecule is Clc1cc(Cl)c2onc(Cl)c2c1. The van der Waals surface area contributed by atoms with Gasteiger partial charge in [0.05, 0.1) is 10.4 Å². The third kappa shape index (κ3) is 1.16. The molecule has 2 nitrogen and oxygen atoms in total. The molecule has 0 unspecified atom stereocenters. The summed E-state index contributed by atoms with van der Waals surface area (Å²) >= 11 is 17.2. The van der Waals surface area contributed by atoms with Crippen LogP contribution in [0, 0.1) is 0 Å². The summed E-state index contributed by atoms with van der Waals surface area (Å²) in [4.78, 5) is 0. The number of halogens is 3. The van der Waals surface area contributed by atoms with E-state index >= 15 is 0 Å². The van der Waals surface area contributed by atoms with Crippen molar-refractivity contribution in [2.45, 2.75) is 0 Å². The maximum absolute atomic E-state index is 5.80. The van der Waals surface area contributed by atoms with Crippen molar-refractivity contribution in [1.29, 1.82) is 0 Å². The molecule has 1 aromatic carbocycles. The summed E-state index contributed by atoms with van der Waals surface area (Å²) < 4.78 is 4.86. The Labute approximate surface area is 83.0 Å². The standard InChI is InChI=1S/C7H2Cl3NO/c8-3-1-4-6(5(9)2-3)12-11-7(4)10/h1-2H. The number of rotatable bonds is 0. The number of hydrogen-bond acceptors (Lipinski definition) is 2. The summed E-state index contributed by atoms with van der Waals surface area (Å²) in [6, 6.07) is 3.23. The number of aromatic nitrogens is 1. The Balaban J connectivity index is 2.92. The van der Waals surface area contributed by atoms with Crippen LogP contribution in [0.25, 0.3) is 11.0 Å². The van der Waals surface area contributed by atoms with E-state index in [1.165, 1.54) is 0 Å². The lowest BCUT2D eigenvalue weighted by Crippen LogP contribution is -1.68. The first kappa shape index (κ1) is 8.17. The molecule has 0 amide bonds. The molecule has 62 valence electrons. The third-order valence-corrected chi connectivity index (χ3v) is 2.22.